The molecule has 0 heterocycles. The van der Waals surface area contributed by atoms with Crippen LogP contribution in [0.15, 0.2) is 24.3 Å². The van der Waals surface area contributed by atoms with Gasteiger partial charge in [0.15, 0.2) is 0 Å². The molecule has 0 aliphatic heterocycles. The number of hydrogen-bond donors (Lipinski definition) is 3. The Morgan fingerprint density at radius 2 is 1.89 bits per heavy atom. The standard InChI is InChI=1S/C14H22N2O2/c1-4-9-15-14(18)11(3)16-10(2)12-5-7-13(17)8-6-12/h5-8,10-11,16-17H,4,9H2,1-3H3,(H,15,18). The molecule has 0 bridgehead atoms. The number of amides is 1. The van der Waals surface area contributed by atoms with Gasteiger partial charge in [-0.05, 0) is 38.0 Å². The molecule has 4 heteroatoms. The van der Waals surface area contributed by atoms with Gasteiger partial charge in [0.05, 0.1) is 6.04 Å². The van der Waals surface area contributed by atoms with Crippen molar-refractivity contribution in [2.75, 3.05) is 6.54 Å². The van der Waals surface area contributed by atoms with E-state index in [0.717, 1.165) is 12.0 Å². The van der Waals surface area contributed by atoms with E-state index in [2.05, 4.69) is 10.6 Å². The molecule has 3 N–H and O–H groups in total. The molecule has 0 radical (unpaired) electrons. The molecule has 0 aromatic heterocycles. The number of rotatable bonds is 6. The summed E-state index contributed by atoms with van der Waals surface area (Å²) in [7, 11) is 0. The minimum absolute atomic E-state index is 0.0162. The third-order valence-electron chi connectivity index (χ3n) is 2.84. The number of aromatic hydroxyl groups is 1. The van der Waals surface area contributed by atoms with Crippen LogP contribution < -0.4 is 10.6 Å². The van der Waals surface area contributed by atoms with Crippen LogP contribution in [-0.4, -0.2) is 23.6 Å². The molecule has 0 saturated carbocycles. The zero-order valence-electron chi connectivity index (χ0n) is 11.2. The van der Waals surface area contributed by atoms with Gasteiger partial charge in [-0.25, -0.2) is 0 Å². The van der Waals surface area contributed by atoms with Crippen LogP contribution in [0.5, 0.6) is 5.75 Å². The molecule has 4 nitrogen and oxygen atoms in total. The quantitative estimate of drug-likeness (QED) is 0.723. The van der Waals surface area contributed by atoms with Gasteiger partial charge in [0.25, 0.3) is 0 Å². The van der Waals surface area contributed by atoms with Gasteiger partial charge in [-0.15, -0.1) is 0 Å². The van der Waals surface area contributed by atoms with Crippen LogP contribution >= 0.6 is 0 Å². The van der Waals surface area contributed by atoms with Crippen molar-refractivity contribution in [1.29, 1.82) is 0 Å². The summed E-state index contributed by atoms with van der Waals surface area (Å²) in [6.45, 7) is 6.58. The van der Waals surface area contributed by atoms with E-state index in [9.17, 15) is 9.90 Å². The highest BCUT2D eigenvalue weighted by Gasteiger charge is 2.15. The summed E-state index contributed by atoms with van der Waals surface area (Å²) in [5.41, 5.74) is 1.04. The van der Waals surface area contributed by atoms with Crippen molar-refractivity contribution < 1.29 is 9.90 Å². The average Bonchev–Trinajstić information content (AvgIpc) is 2.36. The number of nitrogens with one attached hydrogen (secondary N) is 2. The van der Waals surface area contributed by atoms with Crippen molar-refractivity contribution in [2.45, 2.75) is 39.3 Å². The lowest BCUT2D eigenvalue weighted by Gasteiger charge is -2.20. The first-order valence-corrected chi connectivity index (χ1v) is 6.37. The van der Waals surface area contributed by atoms with E-state index in [4.69, 9.17) is 0 Å². The van der Waals surface area contributed by atoms with Gasteiger partial charge >= 0.3 is 0 Å². The fourth-order valence-corrected chi connectivity index (χ4v) is 1.71. The number of carbonyl (C=O) groups excluding carboxylic acids is 1. The predicted octanol–water partition coefficient (Wildman–Crippen LogP) is 1.96. The first kappa shape index (κ1) is 14.5. The molecule has 18 heavy (non-hydrogen) atoms. The average molecular weight is 250 g/mol. The maximum absolute atomic E-state index is 11.7. The minimum Gasteiger partial charge on any atom is -0.508 e. The highest BCUT2D eigenvalue weighted by atomic mass is 16.3. The second-order valence-electron chi connectivity index (χ2n) is 4.49. The molecule has 1 amide bonds. The summed E-state index contributed by atoms with van der Waals surface area (Å²) in [6, 6.07) is 6.83. The largest absolute Gasteiger partial charge is 0.508 e. The Morgan fingerprint density at radius 1 is 1.28 bits per heavy atom. The molecule has 1 aromatic carbocycles. The fourth-order valence-electron chi connectivity index (χ4n) is 1.71. The van der Waals surface area contributed by atoms with Gasteiger partial charge in [0, 0.05) is 12.6 Å². The van der Waals surface area contributed by atoms with Crippen molar-refractivity contribution >= 4 is 5.91 Å². The molecular weight excluding hydrogens is 228 g/mol. The summed E-state index contributed by atoms with van der Waals surface area (Å²) in [5.74, 6) is 0.266. The van der Waals surface area contributed by atoms with Gasteiger partial charge in [-0.3, -0.25) is 10.1 Å². The van der Waals surface area contributed by atoms with Crippen LogP contribution in [-0.2, 0) is 4.79 Å². The van der Waals surface area contributed by atoms with E-state index in [1.165, 1.54) is 0 Å². The number of benzene rings is 1. The van der Waals surface area contributed by atoms with E-state index in [-0.39, 0.29) is 23.7 Å². The maximum Gasteiger partial charge on any atom is 0.236 e. The van der Waals surface area contributed by atoms with Gasteiger partial charge in [0.1, 0.15) is 5.75 Å². The van der Waals surface area contributed by atoms with Crippen LogP contribution in [0.3, 0.4) is 0 Å². The van der Waals surface area contributed by atoms with Crippen LogP contribution in [0.25, 0.3) is 0 Å². The van der Waals surface area contributed by atoms with Crippen LogP contribution in [0, 0.1) is 0 Å². The highest BCUT2D eigenvalue weighted by molar-refractivity contribution is 5.81. The topological polar surface area (TPSA) is 61.4 Å². The van der Waals surface area contributed by atoms with Crippen LogP contribution in [0.4, 0.5) is 0 Å². The van der Waals surface area contributed by atoms with E-state index in [1.807, 2.05) is 32.9 Å². The Bertz CT molecular complexity index is 376. The first-order chi connectivity index (χ1) is 8.54. The summed E-state index contributed by atoms with van der Waals surface area (Å²) >= 11 is 0. The third-order valence-corrected chi connectivity index (χ3v) is 2.84. The summed E-state index contributed by atoms with van der Waals surface area (Å²) < 4.78 is 0. The molecule has 100 valence electrons. The molecule has 2 unspecified atom stereocenters. The summed E-state index contributed by atoms with van der Waals surface area (Å²) in [4.78, 5) is 11.7. The monoisotopic (exact) mass is 250 g/mol. The molecule has 0 fully saturated rings. The molecule has 1 rings (SSSR count). The Morgan fingerprint density at radius 3 is 2.44 bits per heavy atom. The second kappa shape index (κ2) is 7.01. The van der Waals surface area contributed by atoms with E-state index in [0.29, 0.717) is 6.54 Å². The second-order valence-corrected chi connectivity index (χ2v) is 4.49. The minimum atomic E-state index is -0.236. The number of carbonyl (C=O) groups is 1. The normalized spacial score (nSPS) is 13.9. The lowest BCUT2D eigenvalue weighted by atomic mass is 10.1. The van der Waals surface area contributed by atoms with Crippen molar-refractivity contribution in [3.05, 3.63) is 29.8 Å². The van der Waals surface area contributed by atoms with Gasteiger partial charge < -0.3 is 10.4 Å². The fraction of sp³-hybridized carbons (Fsp3) is 0.500. The lowest BCUT2D eigenvalue weighted by molar-refractivity contribution is -0.122. The summed E-state index contributed by atoms with van der Waals surface area (Å²) in [6.07, 6.45) is 0.936. The van der Waals surface area contributed by atoms with Gasteiger partial charge in [-0.1, -0.05) is 19.1 Å². The molecule has 0 spiro atoms. The first-order valence-electron chi connectivity index (χ1n) is 6.37. The Balaban J connectivity index is 2.50. The van der Waals surface area contributed by atoms with E-state index < -0.39 is 0 Å². The Labute approximate surface area is 108 Å². The Hall–Kier alpha value is -1.55. The SMILES string of the molecule is CCCNC(=O)C(C)NC(C)c1ccc(O)cc1. The molecule has 2 atom stereocenters. The van der Waals surface area contributed by atoms with Crippen molar-refractivity contribution in [3.63, 3.8) is 0 Å². The zero-order chi connectivity index (χ0) is 13.5. The van der Waals surface area contributed by atoms with Crippen LogP contribution in [0.2, 0.25) is 0 Å². The number of hydrogen-bond acceptors (Lipinski definition) is 3. The molecule has 1 aromatic rings. The third kappa shape index (κ3) is 4.37. The van der Waals surface area contributed by atoms with Crippen LogP contribution in [0.1, 0.15) is 38.8 Å². The number of phenolic OH excluding ortho intramolecular Hbond substituents is 1. The smallest absolute Gasteiger partial charge is 0.236 e. The van der Waals surface area contributed by atoms with Crippen molar-refractivity contribution in [3.8, 4) is 5.75 Å². The summed E-state index contributed by atoms with van der Waals surface area (Å²) in [5, 5.41) is 15.3. The lowest BCUT2D eigenvalue weighted by Crippen LogP contribution is -2.43. The van der Waals surface area contributed by atoms with Crippen molar-refractivity contribution in [1.82, 2.24) is 10.6 Å². The molecule has 0 saturated heterocycles. The molecule has 0 aliphatic carbocycles. The van der Waals surface area contributed by atoms with E-state index >= 15 is 0 Å². The van der Waals surface area contributed by atoms with Gasteiger partial charge in [0.2, 0.25) is 5.91 Å². The predicted molar refractivity (Wildman–Crippen MR) is 72.4 cm³/mol. The van der Waals surface area contributed by atoms with Gasteiger partial charge in [-0.2, -0.15) is 0 Å². The molecule has 0 aliphatic rings. The zero-order valence-corrected chi connectivity index (χ0v) is 11.2. The highest BCUT2D eigenvalue weighted by Crippen LogP contribution is 2.16. The number of phenols is 1. The van der Waals surface area contributed by atoms with Crippen molar-refractivity contribution in [2.24, 2.45) is 0 Å². The molecular formula is C14H22N2O2. The maximum atomic E-state index is 11.7. The van der Waals surface area contributed by atoms with E-state index in [1.54, 1.807) is 12.1 Å². The Kier molecular flexibility index (Phi) is 5.65.